The molecule has 8 heteroatoms. The van der Waals surface area contributed by atoms with Crippen LogP contribution in [-0.2, 0) is 4.74 Å². The number of hydrazone groups is 1. The summed E-state index contributed by atoms with van der Waals surface area (Å²) in [5.74, 6) is 0. The monoisotopic (exact) mass is 342 g/mol. The summed E-state index contributed by atoms with van der Waals surface area (Å²) < 4.78 is 5.27. The molecule has 0 aliphatic carbocycles. The lowest BCUT2D eigenvalue weighted by Gasteiger charge is -2.30. The van der Waals surface area contributed by atoms with Crippen LogP contribution in [0.25, 0.3) is 0 Å². The van der Waals surface area contributed by atoms with E-state index in [9.17, 15) is 4.79 Å². The van der Waals surface area contributed by atoms with Gasteiger partial charge in [-0.15, -0.1) is 0 Å². The van der Waals surface area contributed by atoms with E-state index in [-0.39, 0.29) is 5.11 Å². The first-order valence-corrected chi connectivity index (χ1v) is 7.36. The lowest BCUT2D eigenvalue weighted by molar-refractivity contribution is 0.0780. The summed E-state index contributed by atoms with van der Waals surface area (Å²) in [4.78, 5) is 11.2. The van der Waals surface area contributed by atoms with Gasteiger partial charge in [0, 0.05) is 10.6 Å². The Balaban J connectivity index is 3.46. The first-order chi connectivity index (χ1) is 10.2. The van der Waals surface area contributed by atoms with Crippen molar-refractivity contribution in [1.82, 2.24) is 5.43 Å². The van der Waals surface area contributed by atoms with Crippen LogP contribution in [0.1, 0.15) is 31.4 Å². The van der Waals surface area contributed by atoms with Crippen LogP contribution in [0.15, 0.2) is 23.3 Å². The SMILES string of the molecule is CCC(C)(OC(N)=O)C(=NNC(N)=S)c1cc(Cl)ccc1C. The Kier molecular flexibility index (Phi) is 6.13. The van der Waals surface area contributed by atoms with Gasteiger partial charge in [-0.2, -0.15) is 5.10 Å². The molecule has 1 rings (SSSR count). The number of aryl methyl sites for hydroxylation is 1. The molecule has 0 aliphatic rings. The molecule has 0 saturated heterocycles. The van der Waals surface area contributed by atoms with Gasteiger partial charge in [-0.05, 0) is 50.2 Å². The van der Waals surface area contributed by atoms with E-state index in [0.717, 1.165) is 5.56 Å². The highest BCUT2D eigenvalue weighted by molar-refractivity contribution is 7.80. The van der Waals surface area contributed by atoms with Crippen molar-refractivity contribution < 1.29 is 9.53 Å². The third-order valence-corrected chi connectivity index (χ3v) is 3.56. The number of primary amides is 1. The number of rotatable bonds is 5. The number of hydrogen-bond acceptors (Lipinski definition) is 4. The third-order valence-electron chi connectivity index (χ3n) is 3.23. The Morgan fingerprint density at radius 1 is 1.50 bits per heavy atom. The molecule has 0 aliphatic heterocycles. The van der Waals surface area contributed by atoms with Crippen LogP contribution in [0.3, 0.4) is 0 Å². The van der Waals surface area contributed by atoms with Gasteiger partial charge in [-0.3, -0.25) is 5.43 Å². The number of carbonyl (C=O) groups is 1. The van der Waals surface area contributed by atoms with Crippen LogP contribution in [0, 0.1) is 6.92 Å². The second-order valence-electron chi connectivity index (χ2n) is 4.90. The van der Waals surface area contributed by atoms with Gasteiger partial charge in [0.15, 0.2) is 10.7 Å². The van der Waals surface area contributed by atoms with E-state index in [1.807, 2.05) is 19.9 Å². The van der Waals surface area contributed by atoms with Crippen LogP contribution in [0.2, 0.25) is 5.02 Å². The molecule has 6 nitrogen and oxygen atoms in total. The molecule has 0 fully saturated rings. The summed E-state index contributed by atoms with van der Waals surface area (Å²) in [6, 6.07) is 5.33. The highest BCUT2D eigenvalue weighted by Gasteiger charge is 2.35. The first-order valence-electron chi connectivity index (χ1n) is 6.58. The molecule has 0 radical (unpaired) electrons. The van der Waals surface area contributed by atoms with E-state index in [1.165, 1.54) is 0 Å². The van der Waals surface area contributed by atoms with Crippen molar-refractivity contribution in [3.63, 3.8) is 0 Å². The minimum Gasteiger partial charge on any atom is -0.437 e. The predicted octanol–water partition coefficient (Wildman–Crippen LogP) is 2.45. The third kappa shape index (κ3) is 4.57. The number of thiocarbonyl (C=S) groups is 1. The Labute approximate surface area is 139 Å². The van der Waals surface area contributed by atoms with Crippen LogP contribution in [0.4, 0.5) is 4.79 Å². The van der Waals surface area contributed by atoms with Crippen LogP contribution >= 0.6 is 23.8 Å². The number of benzene rings is 1. The lowest BCUT2D eigenvalue weighted by Crippen LogP contribution is -2.44. The van der Waals surface area contributed by atoms with E-state index in [4.69, 9.17) is 40.0 Å². The van der Waals surface area contributed by atoms with E-state index < -0.39 is 11.7 Å². The summed E-state index contributed by atoms with van der Waals surface area (Å²) in [5, 5.41) is 4.72. The standard InChI is InChI=1S/C14H19ClN4O2S/c1-4-14(3,21-13(17)20)11(18-19-12(16)22)10-7-9(15)6-5-8(10)2/h5-7H,4H2,1-3H3,(H2,17,20)(H3,16,19,22). The summed E-state index contributed by atoms with van der Waals surface area (Å²) in [6.07, 6.45) is -0.452. The maximum absolute atomic E-state index is 11.2. The fraction of sp³-hybridized carbons (Fsp3) is 0.357. The fourth-order valence-electron chi connectivity index (χ4n) is 1.93. The molecule has 1 amide bonds. The summed E-state index contributed by atoms with van der Waals surface area (Å²) in [5.41, 5.74) is 14.1. The van der Waals surface area contributed by atoms with Crippen molar-refractivity contribution >= 4 is 40.7 Å². The fourth-order valence-corrected chi connectivity index (χ4v) is 2.15. The van der Waals surface area contributed by atoms with Crippen LogP contribution in [-0.4, -0.2) is 22.5 Å². The maximum atomic E-state index is 11.2. The lowest BCUT2D eigenvalue weighted by atomic mass is 9.89. The molecule has 1 atom stereocenters. The second kappa shape index (κ2) is 7.42. The smallest absolute Gasteiger partial charge is 0.405 e. The highest BCUT2D eigenvalue weighted by Crippen LogP contribution is 2.26. The Morgan fingerprint density at radius 2 is 2.14 bits per heavy atom. The van der Waals surface area contributed by atoms with E-state index in [2.05, 4.69) is 10.5 Å². The van der Waals surface area contributed by atoms with Gasteiger partial charge < -0.3 is 16.2 Å². The van der Waals surface area contributed by atoms with Crippen molar-refractivity contribution in [3.05, 3.63) is 34.3 Å². The molecular weight excluding hydrogens is 324 g/mol. The Morgan fingerprint density at radius 3 is 2.64 bits per heavy atom. The molecule has 1 aromatic rings. The topological polar surface area (TPSA) is 103 Å². The zero-order valence-corrected chi connectivity index (χ0v) is 14.2. The average Bonchev–Trinajstić information content (AvgIpc) is 2.41. The number of amides is 1. The van der Waals surface area contributed by atoms with E-state index in [0.29, 0.717) is 22.7 Å². The van der Waals surface area contributed by atoms with Crippen molar-refractivity contribution in [2.75, 3.05) is 0 Å². The number of nitrogens with two attached hydrogens (primary N) is 2. The molecular formula is C14H19ClN4O2S. The molecule has 22 heavy (non-hydrogen) atoms. The molecule has 0 heterocycles. The second-order valence-corrected chi connectivity index (χ2v) is 5.78. The normalized spacial score (nSPS) is 14.1. The molecule has 0 saturated carbocycles. The van der Waals surface area contributed by atoms with Crippen molar-refractivity contribution in [2.24, 2.45) is 16.6 Å². The molecule has 120 valence electrons. The van der Waals surface area contributed by atoms with Crippen LogP contribution in [0.5, 0.6) is 0 Å². The molecule has 5 N–H and O–H groups in total. The highest BCUT2D eigenvalue weighted by atomic mass is 35.5. The molecule has 0 bridgehead atoms. The van der Waals surface area contributed by atoms with Crippen molar-refractivity contribution in [1.29, 1.82) is 0 Å². The molecule has 0 aromatic heterocycles. The Bertz CT molecular complexity index is 621. The van der Waals surface area contributed by atoms with Gasteiger partial charge in [0.2, 0.25) is 0 Å². The maximum Gasteiger partial charge on any atom is 0.405 e. The van der Waals surface area contributed by atoms with Gasteiger partial charge >= 0.3 is 6.09 Å². The number of nitrogens with one attached hydrogen (secondary N) is 1. The first kappa shape index (κ1) is 18.2. The number of halogens is 1. The van der Waals surface area contributed by atoms with E-state index >= 15 is 0 Å². The molecule has 1 aromatic carbocycles. The summed E-state index contributed by atoms with van der Waals surface area (Å²) in [6.45, 7) is 5.44. The number of carbonyl (C=O) groups excluding carboxylic acids is 1. The van der Waals surface area contributed by atoms with Crippen molar-refractivity contribution in [3.8, 4) is 0 Å². The quantitative estimate of drug-likeness (QED) is 0.433. The number of nitrogens with zero attached hydrogens (tertiary/aromatic N) is 1. The van der Waals surface area contributed by atoms with Gasteiger partial charge in [0.05, 0.1) is 0 Å². The van der Waals surface area contributed by atoms with Crippen molar-refractivity contribution in [2.45, 2.75) is 32.8 Å². The molecule has 0 spiro atoms. The summed E-state index contributed by atoms with van der Waals surface area (Å²) in [7, 11) is 0. The minimum atomic E-state index is -1.06. The molecule has 1 unspecified atom stereocenters. The largest absolute Gasteiger partial charge is 0.437 e. The predicted molar refractivity (Wildman–Crippen MR) is 92.0 cm³/mol. The zero-order valence-electron chi connectivity index (χ0n) is 12.6. The Hall–Kier alpha value is -1.86. The van der Waals surface area contributed by atoms with Crippen LogP contribution < -0.4 is 16.9 Å². The van der Waals surface area contributed by atoms with E-state index in [1.54, 1.807) is 19.1 Å². The van der Waals surface area contributed by atoms with Gasteiger partial charge in [0.25, 0.3) is 0 Å². The average molecular weight is 343 g/mol. The summed E-state index contributed by atoms with van der Waals surface area (Å²) >= 11 is 10.8. The van der Waals surface area contributed by atoms with Gasteiger partial charge in [0.1, 0.15) is 5.71 Å². The number of ether oxygens (including phenoxy) is 1. The minimum absolute atomic E-state index is 0.00490. The zero-order chi connectivity index (χ0) is 16.9. The number of hydrogen-bond donors (Lipinski definition) is 3. The van der Waals surface area contributed by atoms with Gasteiger partial charge in [-0.1, -0.05) is 24.6 Å². The van der Waals surface area contributed by atoms with Gasteiger partial charge in [-0.25, -0.2) is 4.79 Å².